The molecule has 0 unspecified atom stereocenters. The Balaban J connectivity index is 1.63. The Morgan fingerprint density at radius 2 is 2.21 bits per heavy atom. The second-order valence-corrected chi connectivity index (χ2v) is 6.51. The number of piperidine rings is 1. The molecular weight excluding hydrogens is 310 g/mol. The van der Waals surface area contributed by atoms with E-state index in [1.807, 2.05) is 6.92 Å². The summed E-state index contributed by atoms with van der Waals surface area (Å²) in [5.41, 5.74) is 0. The Bertz CT molecular complexity index is 602. The van der Waals surface area contributed by atoms with E-state index < -0.39 is 0 Å². The van der Waals surface area contributed by atoms with Crippen molar-refractivity contribution in [2.45, 2.75) is 45.1 Å². The van der Waals surface area contributed by atoms with Gasteiger partial charge in [-0.05, 0) is 26.3 Å². The van der Waals surface area contributed by atoms with Gasteiger partial charge in [-0.3, -0.25) is 14.5 Å². The predicted octanol–water partition coefficient (Wildman–Crippen LogP) is 0.158. The maximum atomic E-state index is 12.5. The van der Waals surface area contributed by atoms with Crippen LogP contribution in [0.15, 0.2) is 4.42 Å². The van der Waals surface area contributed by atoms with Crippen LogP contribution in [0.2, 0.25) is 0 Å². The van der Waals surface area contributed by atoms with Crippen LogP contribution in [0, 0.1) is 0 Å². The largest absolute Gasteiger partial charge is 0.425 e. The minimum absolute atomic E-state index is 0.0112. The molecule has 0 saturated carbocycles. The molecule has 1 aromatic rings. The third-order valence-electron chi connectivity index (χ3n) is 4.95. The molecule has 2 aliphatic rings. The van der Waals surface area contributed by atoms with E-state index in [-0.39, 0.29) is 30.3 Å². The van der Waals surface area contributed by atoms with Crippen molar-refractivity contribution in [2.75, 3.05) is 32.7 Å². The Morgan fingerprint density at radius 3 is 2.92 bits per heavy atom. The second kappa shape index (κ2) is 7.29. The number of hydrogen-bond acceptors (Lipinski definition) is 6. The summed E-state index contributed by atoms with van der Waals surface area (Å²) in [6.07, 6.45) is 2.71. The third kappa shape index (κ3) is 3.58. The molecule has 0 spiro atoms. The predicted molar refractivity (Wildman–Crippen MR) is 86.3 cm³/mol. The van der Waals surface area contributed by atoms with Gasteiger partial charge >= 0.3 is 0 Å². The van der Waals surface area contributed by atoms with Gasteiger partial charge in [0.15, 0.2) is 0 Å². The highest BCUT2D eigenvalue weighted by Gasteiger charge is 2.34. The standard InChI is InChI=1S/C16H25N5O3/c1-3-14-18-19-16(24-14)12-5-4-7-20(11(12)2)10-15(23)21-8-6-17-13(22)9-21/h11-12H,3-10H2,1-2H3,(H,17,22)/t11-,12-/m0/s1. The van der Waals surface area contributed by atoms with Gasteiger partial charge in [0.05, 0.1) is 19.0 Å². The van der Waals surface area contributed by atoms with Crippen molar-refractivity contribution < 1.29 is 14.0 Å². The Morgan fingerprint density at radius 1 is 1.38 bits per heavy atom. The van der Waals surface area contributed by atoms with Crippen molar-refractivity contribution in [3.05, 3.63) is 11.8 Å². The van der Waals surface area contributed by atoms with E-state index in [4.69, 9.17) is 4.42 Å². The molecule has 2 fully saturated rings. The summed E-state index contributed by atoms with van der Waals surface area (Å²) in [6.45, 7) is 6.58. The van der Waals surface area contributed by atoms with Crippen LogP contribution in [-0.4, -0.2) is 70.6 Å². The highest BCUT2D eigenvalue weighted by molar-refractivity contribution is 5.86. The Labute approximate surface area is 141 Å². The molecule has 3 rings (SSSR count). The number of carbonyl (C=O) groups excluding carboxylic acids is 2. The highest BCUT2D eigenvalue weighted by atomic mass is 16.4. The average molecular weight is 335 g/mol. The summed E-state index contributed by atoms with van der Waals surface area (Å²) in [7, 11) is 0. The molecule has 8 nitrogen and oxygen atoms in total. The number of aryl methyl sites for hydroxylation is 1. The van der Waals surface area contributed by atoms with Crippen molar-refractivity contribution in [1.82, 2.24) is 25.3 Å². The summed E-state index contributed by atoms with van der Waals surface area (Å²) >= 11 is 0. The first-order chi connectivity index (χ1) is 11.6. The number of nitrogens with one attached hydrogen (secondary N) is 1. The quantitative estimate of drug-likeness (QED) is 0.843. The lowest BCUT2D eigenvalue weighted by molar-refractivity contribution is -0.139. The summed E-state index contributed by atoms with van der Waals surface area (Å²) in [5, 5.41) is 11.0. The van der Waals surface area contributed by atoms with E-state index >= 15 is 0 Å². The SMILES string of the molecule is CCc1nnc([C@H]2CCCN(CC(=O)N3CCNC(=O)C3)[C@H]2C)o1. The van der Waals surface area contributed by atoms with Gasteiger partial charge in [-0.15, -0.1) is 10.2 Å². The lowest BCUT2D eigenvalue weighted by atomic mass is 9.90. The highest BCUT2D eigenvalue weighted by Crippen LogP contribution is 2.31. The molecule has 0 bridgehead atoms. The minimum Gasteiger partial charge on any atom is -0.425 e. The number of carbonyl (C=O) groups is 2. The van der Waals surface area contributed by atoms with E-state index in [0.29, 0.717) is 31.4 Å². The van der Waals surface area contributed by atoms with Crippen LogP contribution in [0.4, 0.5) is 0 Å². The summed E-state index contributed by atoms with van der Waals surface area (Å²) in [5.74, 6) is 1.41. The van der Waals surface area contributed by atoms with E-state index in [1.165, 1.54) is 0 Å². The Hall–Kier alpha value is -1.96. The first-order valence-electron chi connectivity index (χ1n) is 8.69. The molecule has 0 aliphatic carbocycles. The summed E-state index contributed by atoms with van der Waals surface area (Å²) < 4.78 is 5.73. The Kier molecular flexibility index (Phi) is 5.13. The van der Waals surface area contributed by atoms with Gasteiger partial charge in [0.2, 0.25) is 23.6 Å². The van der Waals surface area contributed by atoms with Crippen molar-refractivity contribution >= 4 is 11.8 Å². The molecule has 8 heteroatoms. The first-order valence-corrected chi connectivity index (χ1v) is 8.69. The van der Waals surface area contributed by atoms with E-state index in [1.54, 1.807) is 4.90 Å². The number of likely N-dealkylation sites (tertiary alicyclic amines) is 1. The third-order valence-corrected chi connectivity index (χ3v) is 4.95. The molecule has 1 N–H and O–H groups in total. The van der Waals surface area contributed by atoms with Crippen molar-refractivity contribution in [2.24, 2.45) is 0 Å². The maximum absolute atomic E-state index is 12.5. The fourth-order valence-electron chi connectivity index (χ4n) is 3.45. The number of rotatable bonds is 4. The zero-order valence-electron chi connectivity index (χ0n) is 14.3. The monoisotopic (exact) mass is 335 g/mol. The van der Waals surface area contributed by atoms with Gasteiger partial charge in [0, 0.05) is 25.6 Å². The fourth-order valence-corrected chi connectivity index (χ4v) is 3.45. The molecule has 2 amide bonds. The van der Waals surface area contributed by atoms with Gasteiger partial charge in [0.1, 0.15) is 0 Å². The van der Waals surface area contributed by atoms with Crippen molar-refractivity contribution in [3.8, 4) is 0 Å². The normalized spacial score (nSPS) is 25.6. The van der Waals surface area contributed by atoms with Gasteiger partial charge in [-0.25, -0.2) is 0 Å². The van der Waals surface area contributed by atoms with Crippen LogP contribution < -0.4 is 5.32 Å². The van der Waals surface area contributed by atoms with Crippen molar-refractivity contribution in [3.63, 3.8) is 0 Å². The zero-order chi connectivity index (χ0) is 17.1. The number of amides is 2. The maximum Gasteiger partial charge on any atom is 0.239 e. The molecule has 24 heavy (non-hydrogen) atoms. The average Bonchev–Trinajstić information content (AvgIpc) is 3.05. The number of hydrogen-bond donors (Lipinski definition) is 1. The van der Waals surface area contributed by atoms with Gasteiger partial charge < -0.3 is 14.6 Å². The van der Waals surface area contributed by atoms with Crippen LogP contribution in [0.25, 0.3) is 0 Å². The van der Waals surface area contributed by atoms with Gasteiger partial charge in [-0.1, -0.05) is 6.92 Å². The molecule has 132 valence electrons. The molecule has 3 heterocycles. The zero-order valence-corrected chi connectivity index (χ0v) is 14.3. The first kappa shape index (κ1) is 16.9. The number of nitrogens with zero attached hydrogens (tertiary/aromatic N) is 4. The topological polar surface area (TPSA) is 91.6 Å². The molecule has 0 radical (unpaired) electrons. The van der Waals surface area contributed by atoms with Crippen molar-refractivity contribution in [1.29, 1.82) is 0 Å². The number of aromatic nitrogens is 2. The molecule has 2 saturated heterocycles. The van der Waals surface area contributed by atoms with Crippen LogP contribution in [0.1, 0.15) is 44.4 Å². The summed E-state index contributed by atoms with van der Waals surface area (Å²) in [4.78, 5) is 27.8. The summed E-state index contributed by atoms with van der Waals surface area (Å²) in [6, 6.07) is 0.159. The lowest BCUT2D eigenvalue weighted by Gasteiger charge is -2.38. The molecule has 2 aliphatic heterocycles. The van der Waals surface area contributed by atoms with Crippen LogP contribution in [0.3, 0.4) is 0 Å². The van der Waals surface area contributed by atoms with Gasteiger partial charge in [0.25, 0.3) is 0 Å². The molecule has 2 atom stereocenters. The second-order valence-electron chi connectivity index (χ2n) is 6.51. The van der Waals surface area contributed by atoms with Crippen LogP contribution in [-0.2, 0) is 16.0 Å². The van der Waals surface area contributed by atoms with Gasteiger partial charge in [-0.2, -0.15) is 0 Å². The van der Waals surface area contributed by atoms with E-state index in [2.05, 4.69) is 27.3 Å². The number of piperazine rings is 1. The van der Waals surface area contributed by atoms with Crippen LogP contribution in [0.5, 0.6) is 0 Å². The van der Waals surface area contributed by atoms with E-state index in [0.717, 1.165) is 25.8 Å². The lowest BCUT2D eigenvalue weighted by Crippen LogP contribution is -2.54. The smallest absolute Gasteiger partial charge is 0.239 e. The van der Waals surface area contributed by atoms with Crippen LogP contribution >= 0.6 is 0 Å². The molecular formula is C16H25N5O3. The van der Waals surface area contributed by atoms with E-state index in [9.17, 15) is 9.59 Å². The molecule has 1 aromatic heterocycles. The fraction of sp³-hybridized carbons (Fsp3) is 0.750. The molecule has 0 aromatic carbocycles. The minimum atomic E-state index is -0.0860.